The molecule has 2 bridgehead atoms. The Morgan fingerprint density at radius 1 is 0.912 bits per heavy atom. The van der Waals surface area contributed by atoms with E-state index in [4.69, 9.17) is 9.47 Å². The van der Waals surface area contributed by atoms with Crippen LogP contribution in [0.1, 0.15) is 22.3 Å². The van der Waals surface area contributed by atoms with E-state index in [1.165, 1.54) is 6.07 Å². The van der Waals surface area contributed by atoms with E-state index in [0.29, 0.717) is 13.6 Å². The van der Waals surface area contributed by atoms with E-state index in [1.807, 2.05) is 57.3 Å². The number of alkyl halides is 3. The number of fused-ring (bicyclic) bond motifs is 2. The van der Waals surface area contributed by atoms with Crippen molar-refractivity contribution in [2.75, 3.05) is 0 Å². The summed E-state index contributed by atoms with van der Waals surface area (Å²) in [6.45, 7) is 0. The van der Waals surface area contributed by atoms with Crippen molar-refractivity contribution in [2.24, 2.45) is 23.7 Å². The zero-order chi connectivity index (χ0) is 24.8. The van der Waals surface area contributed by atoms with E-state index in [9.17, 15) is 32.7 Å². The molecule has 4 rings (SSSR count). The molecule has 6 nitrogen and oxygen atoms in total. The molecule has 0 aliphatic heterocycles. The fraction of sp³-hybridized carbons (Fsp3) is 0.261. The number of carboxylic acid groups (broad SMARTS) is 1. The van der Waals surface area contributed by atoms with Crippen LogP contribution in [-0.2, 0) is 15.8 Å². The first-order valence-electron chi connectivity index (χ1n) is 9.97. The highest BCUT2D eigenvalue weighted by atomic mass is 127. The largest absolute Gasteiger partial charge is 0.478 e. The molecule has 1 N–H and O–H groups in total. The van der Waals surface area contributed by atoms with Gasteiger partial charge in [0.2, 0.25) is 0 Å². The molecule has 1 saturated carbocycles. The zero-order valence-corrected chi connectivity index (χ0v) is 21.3. The number of rotatable bonds is 5. The maximum Gasteiger partial charge on any atom is 0.416 e. The molecule has 0 spiro atoms. The summed E-state index contributed by atoms with van der Waals surface area (Å²) in [4.78, 5) is 37.8. The van der Waals surface area contributed by atoms with Crippen molar-refractivity contribution in [1.29, 1.82) is 0 Å². The number of carboxylic acids is 1. The van der Waals surface area contributed by atoms with Gasteiger partial charge in [-0.05, 0) is 99.8 Å². The minimum Gasteiger partial charge on any atom is -0.478 e. The Labute approximate surface area is 218 Å². The van der Waals surface area contributed by atoms with Crippen LogP contribution >= 0.6 is 45.2 Å². The van der Waals surface area contributed by atoms with Gasteiger partial charge in [-0.1, -0.05) is 12.2 Å². The van der Waals surface area contributed by atoms with E-state index < -0.39 is 41.5 Å². The van der Waals surface area contributed by atoms with Crippen molar-refractivity contribution in [3.63, 3.8) is 0 Å². The third kappa shape index (κ3) is 4.95. The van der Waals surface area contributed by atoms with Gasteiger partial charge in [-0.15, -0.1) is 0 Å². The molecule has 0 heterocycles. The molecule has 11 heteroatoms. The van der Waals surface area contributed by atoms with Gasteiger partial charge in [0, 0.05) is 3.57 Å². The maximum absolute atomic E-state index is 13.2. The molecular formula is C23H15F3I2O6. The van der Waals surface area contributed by atoms with E-state index in [0.717, 1.165) is 24.3 Å². The standard InChI is InChI=1S/C23H15F3I2O6/c24-23(25,26)12-3-5-14(6-4-12)33-21(31)17-10-1-2-11(7-10)18(17)22(32)34-19-15(20(29)30)8-13(27)9-16(19)28/h1-6,8-11,17-18H,7H2,(H,29,30). The fourth-order valence-electron chi connectivity index (χ4n) is 4.35. The zero-order valence-electron chi connectivity index (χ0n) is 17.0. The van der Waals surface area contributed by atoms with Crippen molar-refractivity contribution in [2.45, 2.75) is 12.6 Å². The molecule has 4 atom stereocenters. The van der Waals surface area contributed by atoms with E-state index >= 15 is 0 Å². The van der Waals surface area contributed by atoms with Crippen LogP contribution < -0.4 is 9.47 Å². The number of hydrogen-bond donors (Lipinski definition) is 1. The Balaban J connectivity index is 1.55. The summed E-state index contributed by atoms with van der Waals surface area (Å²) in [7, 11) is 0. The van der Waals surface area contributed by atoms with Crippen molar-refractivity contribution in [3.8, 4) is 11.5 Å². The molecule has 2 aliphatic carbocycles. The van der Waals surface area contributed by atoms with Crippen molar-refractivity contribution in [1.82, 2.24) is 0 Å². The molecule has 2 aromatic rings. The molecule has 0 radical (unpaired) electrons. The minimum absolute atomic E-state index is 0.0720. The van der Waals surface area contributed by atoms with Crippen LogP contribution in [0.3, 0.4) is 0 Å². The molecular weight excluding hydrogens is 683 g/mol. The average molecular weight is 698 g/mol. The van der Waals surface area contributed by atoms with Gasteiger partial charge in [-0.2, -0.15) is 13.2 Å². The van der Waals surface area contributed by atoms with Crippen LogP contribution in [0.4, 0.5) is 13.2 Å². The third-order valence-corrected chi connectivity index (χ3v) is 7.27. The van der Waals surface area contributed by atoms with Gasteiger partial charge in [0.15, 0.2) is 5.75 Å². The summed E-state index contributed by atoms with van der Waals surface area (Å²) in [6.07, 6.45) is -0.378. The number of carbonyl (C=O) groups excluding carboxylic acids is 2. The maximum atomic E-state index is 13.2. The average Bonchev–Trinajstić information content (AvgIpc) is 3.36. The van der Waals surface area contributed by atoms with Gasteiger partial charge in [0.25, 0.3) is 0 Å². The lowest BCUT2D eigenvalue weighted by atomic mass is 9.83. The Kier molecular flexibility index (Phi) is 6.95. The molecule has 178 valence electrons. The van der Waals surface area contributed by atoms with Gasteiger partial charge < -0.3 is 14.6 Å². The first-order chi connectivity index (χ1) is 16.0. The summed E-state index contributed by atoms with van der Waals surface area (Å²) in [5.74, 6) is -5.34. The summed E-state index contributed by atoms with van der Waals surface area (Å²) in [5, 5.41) is 9.52. The predicted molar refractivity (Wildman–Crippen MR) is 129 cm³/mol. The van der Waals surface area contributed by atoms with Crippen LogP contribution in [0.25, 0.3) is 0 Å². The molecule has 34 heavy (non-hydrogen) atoms. The lowest BCUT2D eigenvalue weighted by Crippen LogP contribution is -2.38. The highest BCUT2D eigenvalue weighted by Crippen LogP contribution is 2.49. The normalized spacial score (nSPS) is 23.1. The van der Waals surface area contributed by atoms with Crippen LogP contribution in [0.15, 0.2) is 48.6 Å². The lowest BCUT2D eigenvalue weighted by molar-refractivity contribution is -0.151. The highest BCUT2D eigenvalue weighted by Gasteiger charge is 2.53. The predicted octanol–water partition coefficient (Wildman–Crippen LogP) is 5.56. The van der Waals surface area contributed by atoms with Gasteiger partial charge >= 0.3 is 24.1 Å². The Morgan fingerprint density at radius 3 is 2.00 bits per heavy atom. The summed E-state index contributed by atoms with van der Waals surface area (Å²) >= 11 is 3.83. The van der Waals surface area contributed by atoms with Gasteiger partial charge in [-0.25, -0.2) is 4.79 Å². The Morgan fingerprint density at radius 2 is 1.47 bits per heavy atom. The van der Waals surface area contributed by atoms with Crippen LogP contribution in [0.2, 0.25) is 0 Å². The molecule has 0 amide bonds. The van der Waals surface area contributed by atoms with Gasteiger partial charge in [0.1, 0.15) is 11.3 Å². The summed E-state index contributed by atoms with van der Waals surface area (Å²) < 4.78 is 50.2. The molecule has 0 aromatic heterocycles. The number of allylic oxidation sites excluding steroid dienone is 2. The first kappa shape index (κ1) is 24.9. The number of ether oxygens (including phenoxy) is 2. The SMILES string of the molecule is O=C(O)c1cc(I)cc(I)c1OC(=O)C1C2C=CC(C2)C1C(=O)Oc1ccc(C(F)(F)F)cc1. The first-order valence-corrected chi connectivity index (χ1v) is 12.1. The minimum atomic E-state index is -4.52. The number of aromatic carboxylic acids is 1. The van der Waals surface area contributed by atoms with E-state index in [2.05, 4.69) is 0 Å². The fourth-order valence-corrected chi connectivity index (χ4v) is 6.31. The van der Waals surface area contributed by atoms with Crippen LogP contribution in [0.5, 0.6) is 11.5 Å². The molecule has 0 saturated heterocycles. The smallest absolute Gasteiger partial charge is 0.416 e. The second-order valence-electron chi connectivity index (χ2n) is 7.93. The van der Waals surface area contributed by atoms with Gasteiger partial charge in [-0.3, -0.25) is 9.59 Å². The molecule has 2 aromatic carbocycles. The number of hydrogen-bond acceptors (Lipinski definition) is 5. The van der Waals surface area contributed by atoms with Crippen molar-refractivity contribution in [3.05, 3.63) is 66.8 Å². The van der Waals surface area contributed by atoms with Crippen molar-refractivity contribution < 1.29 is 42.1 Å². The monoisotopic (exact) mass is 698 g/mol. The number of benzene rings is 2. The van der Waals surface area contributed by atoms with Crippen LogP contribution in [-0.4, -0.2) is 23.0 Å². The lowest BCUT2D eigenvalue weighted by Gasteiger charge is -2.25. The van der Waals surface area contributed by atoms with E-state index in [-0.39, 0.29) is 28.9 Å². The second kappa shape index (κ2) is 9.47. The molecule has 2 aliphatic rings. The quantitative estimate of drug-likeness (QED) is 0.191. The molecule has 1 fully saturated rings. The number of esters is 2. The molecule has 4 unspecified atom stereocenters. The highest BCUT2D eigenvalue weighted by molar-refractivity contribution is 14.1. The van der Waals surface area contributed by atoms with Crippen molar-refractivity contribution >= 4 is 63.1 Å². The summed E-state index contributed by atoms with van der Waals surface area (Å²) in [5.41, 5.74) is -1.05. The van der Waals surface area contributed by atoms with Crippen LogP contribution in [0, 0.1) is 30.8 Å². The second-order valence-corrected chi connectivity index (χ2v) is 10.3. The Hall–Kier alpha value is -2.16. The van der Waals surface area contributed by atoms with E-state index in [1.54, 1.807) is 6.07 Å². The number of halogens is 5. The number of carbonyl (C=O) groups is 3. The summed E-state index contributed by atoms with van der Waals surface area (Å²) in [6, 6.07) is 6.74. The third-order valence-electron chi connectivity index (χ3n) is 5.85. The topological polar surface area (TPSA) is 89.9 Å². The Bertz CT molecular complexity index is 1190. The van der Waals surface area contributed by atoms with Gasteiger partial charge in [0.05, 0.1) is 21.0 Å².